The number of nitrogens with one attached hydrogen (secondary N) is 1. The molecule has 288 valence electrons. The number of fused-ring (bicyclic) bond motifs is 1. The Bertz CT molecular complexity index is 2360. The minimum Gasteiger partial charge on any atom is -0.492 e. The van der Waals surface area contributed by atoms with E-state index in [2.05, 4.69) is 58.0 Å². The number of halogens is 2. The Morgan fingerprint density at radius 3 is 2.54 bits per heavy atom. The Morgan fingerprint density at radius 1 is 0.875 bits per heavy atom. The number of nitrogens with zero attached hydrogens (tertiary/aromatic N) is 5. The van der Waals surface area contributed by atoms with Crippen LogP contribution in [0, 0.1) is 24.2 Å². The predicted molar refractivity (Wildman–Crippen MR) is 223 cm³/mol. The molecule has 56 heavy (non-hydrogen) atoms. The molecule has 0 saturated carbocycles. The second-order valence-corrected chi connectivity index (χ2v) is 15.2. The molecule has 0 radical (unpaired) electrons. The summed E-state index contributed by atoms with van der Waals surface area (Å²) in [6, 6.07) is 27.9. The van der Waals surface area contributed by atoms with E-state index in [-0.39, 0.29) is 13.2 Å². The fraction of sp³-hybridized carbons (Fsp3) is 0.311. The van der Waals surface area contributed by atoms with Gasteiger partial charge in [-0.05, 0) is 80.4 Å². The first kappa shape index (κ1) is 39.1. The zero-order valence-electron chi connectivity index (χ0n) is 32.0. The van der Waals surface area contributed by atoms with Crippen molar-refractivity contribution >= 4 is 34.2 Å². The number of rotatable bonds is 15. The molecule has 11 heteroatoms. The molecule has 2 aromatic heterocycles. The Balaban J connectivity index is 1.06. The van der Waals surface area contributed by atoms with E-state index >= 15 is 0 Å². The van der Waals surface area contributed by atoms with Crippen molar-refractivity contribution in [2.75, 3.05) is 33.3 Å². The average Bonchev–Trinajstić information content (AvgIpc) is 3.53. The van der Waals surface area contributed by atoms with Gasteiger partial charge in [0.2, 0.25) is 0 Å². The van der Waals surface area contributed by atoms with Gasteiger partial charge in [0.15, 0.2) is 0 Å². The van der Waals surface area contributed by atoms with E-state index in [0.29, 0.717) is 58.5 Å². The van der Waals surface area contributed by atoms with Crippen molar-refractivity contribution in [2.45, 2.75) is 45.9 Å². The maximum atomic E-state index is 9.38. The molecule has 0 spiro atoms. The van der Waals surface area contributed by atoms with Crippen LogP contribution in [0.15, 0.2) is 91.3 Å². The molecule has 1 unspecified atom stereocenters. The summed E-state index contributed by atoms with van der Waals surface area (Å²) in [5.41, 5.74) is 8.22. The molecule has 1 aliphatic heterocycles. The van der Waals surface area contributed by atoms with Gasteiger partial charge in [-0.3, -0.25) is 4.98 Å². The molecule has 6 aromatic rings. The summed E-state index contributed by atoms with van der Waals surface area (Å²) < 4.78 is 21.2. The number of nitriles is 1. The van der Waals surface area contributed by atoms with E-state index in [1.165, 1.54) is 12.6 Å². The lowest BCUT2D eigenvalue weighted by Crippen LogP contribution is -2.34. The molecule has 9 nitrogen and oxygen atoms in total. The van der Waals surface area contributed by atoms with Crippen LogP contribution in [-0.4, -0.2) is 52.7 Å². The Labute approximate surface area is 338 Å². The van der Waals surface area contributed by atoms with Crippen LogP contribution in [0.2, 0.25) is 10.0 Å². The number of aryl methyl sites for hydroxylation is 1. The second kappa shape index (κ2) is 18.2. The average molecular weight is 790 g/mol. The van der Waals surface area contributed by atoms with Crippen molar-refractivity contribution in [3.8, 4) is 34.4 Å². The summed E-state index contributed by atoms with van der Waals surface area (Å²) in [5.74, 6) is 3.32. The molecular formula is C45H46Cl2N6O3. The number of hydrogen-bond donors (Lipinski definition) is 1. The van der Waals surface area contributed by atoms with E-state index in [0.717, 1.165) is 76.2 Å². The van der Waals surface area contributed by atoms with Gasteiger partial charge in [-0.15, -0.1) is 0 Å². The summed E-state index contributed by atoms with van der Waals surface area (Å²) in [6.07, 6.45) is 6.33. The molecule has 1 N–H and O–H groups in total. The Kier molecular flexibility index (Phi) is 12.7. The van der Waals surface area contributed by atoms with Crippen LogP contribution in [0.25, 0.3) is 22.2 Å². The van der Waals surface area contributed by atoms with E-state index in [1.807, 2.05) is 61.6 Å². The van der Waals surface area contributed by atoms with Crippen LogP contribution in [0.4, 0.5) is 0 Å². The molecule has 7 rings (SSSR count). The Morgan fingerprint density at radius 2 is 1.70 bits per heavy atom. The summed E-state index contributed by atoms with van der Waals surface area (Å²) in [5, 5.41) is 14.0. The number of imidazole rings is 1. The fourth-order valence-electron chi connectivity index (χ4n) is 7.32. The maximum absolute atomic E-state index is 9.38. The molecule has 1 atom stereocenters. The number of likely N-dealkylation sites (tertiary alicyclic amines) is 1. The molecule has 1 saturated heterocycles. The van der Waals surface area contributed by atoms with Gasteiger partial charge in [-0.1, -0.05) is 65.7 Å². The molecule has 3 heterocycles. The third-order valence-electron chi connectivity index (χ3n) is 10.4. The van der Waals surface area contributed by atoms with Crippen LogP contribution in [-0.2, 0) is 33.2 Å². The lowest BCUT2D eigenvalue weighted by molar-refractivity contribution is 0.150. The van der Waals surface area contributed by atoms with Gasteiger partial charge in [0.05, 0.1) is 33.2 Å². The first-order valence-corrected chi connectivity index (χ1v) is 19.7. The predicted octanol–water partition coefficient (Wildman–Crippen LogP) is 9.33. The number of ether oxygens (including phenoxy) is 3. The SMILES string of the molecule is Cc1c(COc2cc(OCc3cncc(C#N)c3)c(CNCCc3nc4ccccc4n3C)cc2Cl)cccc1-c1cccc(OCC2CCCN(C)C2)c1Cl. The highest BCUT2D eigenvalue weighted by Crippen LogP contribution is 2.39. The molecule has 1 aliphatic rings. The van der Waals surface area contributed by atoms with Gasteiger partial charge in [-0.2, -0.15) is 5.26 Å². The Hall–Kier alpha value is -5.11. The van der Waals surface area contributed by atoms with E-state index in [1.54, 1.807) is 12.3 Å². The molecular weight excluding hydrogens is 743 g/mol. The summed E-state index contributed by atoms with van der Waals surface area (Å²) in [6.45, 7) is 6.62. The molecule has 4 aromatic carbocycles. The minimum absolute atomic E-state index is 0.221. The highest BCUT2D eigenvalue weighted by Gasteiger charge is 2.20. The van der Waals surface area contributed by atoms with Crippen molar-refractivity contribution in [2.24, 2.45) is 13.0 Å². The van der Waals surface area contributed by atoms with Crippen molar-refractivity contribution in [3.63, 3.8) is 0 Å². The van der Waals surface area contributed by atoms with Gasteiger partial charge in [0.1, 0.15) is 42.4 Å². The molecule has 0 bridgehead atoms. The van der Waals surface area contributed by atoms with Crippen LogP contribution in [0.5, 0.6) is 17.2 Å². The van der Waals surface area contributed by atoms with Crippen molar-refractivity contribution in [1.82, 2.24) is 24.8 Å². The number of hydrogen-bond acceptors (Lipinski definition) is 8. The van der Waals surface area contributed by atoms with Gasteiger partial charge in [0.25, 0.3) is 0 Å². The lowest BCUT2D eigenvalue weighted by Gasteiger charge is -2.29. The number of aromatic nitrogens is 3. The summed E-state index contributed by atoms with van der Waals surface area (Å²) in [7, 11) is 4.21. The standard InChI is InChI=1S/C45H46Cl2N6O3/c1-30-34(10-6-11-36(30)37-12-7-15-41(45(37)47)54-27-31-9-8-18-52(2)26-31)29-56-43-21-42(55-28-33-19-32(22-48)23-50-24-33)35(20-38(43)46)25-49-17-16-44-51-39-13-4-5-14-40(39)53(44)3/h4-7,10-15,19-21,23-24,31,49H,8-9,16-18,25-29H2,1-3H3. The van der Waals surface area contributed by atoms with E-state index in [9.17, 15) is 5.26 Å². The number of para-hydroxylation sites is 2. The number of benzene rings is 4. The van der Waals surface area contributed by atoms with Gasteiger partial charge < -0.3 is 29.0 Å². The van der Waals surface area contributed by atoms with Crippen molar-refractivity contribution in [1.29, 1.82) is 5.26 Å². The number of pyridine rings is 1. The van der Waals surface area contributed by atoms with Gasteiger partial charge in [-0.25, -0.2) is 4.98 Å². The van der Waals surface area contributed by atoms with Crippen LogP contribution in [0.3, 0.4) is 0 Å². The monoisotopic (exact) mass is 788 g/mol. The van der Waals surface area contributed by atoms with Crippen LogP contribution in [0.1, 0.15) is 46.5 Å². The first-order valence-electron chi connectivity index (χ1n) is 19.0. The first-order chi connectivity index (χ1) is 27.3. The highest BCUT2D eigenvalue weighted by atomic mass is 35.5. The van der Waals surface area contributed by atoms with E-state index in [4.69, 9.17) is 42.4 Å². The largest absolute Gasteiger partial charge is 0.492 e. The maximum Gasteiger partial charge on any atom is 0.142 e. The fourth-order valence-corrected chi connectivity index (χ4v) is 7.85. The molecule has 0 aliphatic carbocycles. The van der Waals surface area contributed by atoms with Crippen LogP contribution < -0.4 is 19.5 Å². The lowest BCUT2D eigenvalue weighted by atomic mass is 9.96. The normalized spacial score (nSPS) is 14.5. The number of piperidine rings is 1. The van der Waals surface area contributed by atoms with Gasteiger partial charge >= 0.3 is 0 Å². The summed E-state index contributed by atoms with van der Waals surface area (Å²) in [4.78, 5) is 11.4. The molecule has 0 amide bonds. The zero-order chi connectivity index (χ0) is 39.0. The van der Waals surface area contributed by atoms with Crippen molar-refractivity contribution in [3.05, 3.63) is 135 Å². The topological polar surface area (TPSA) is 97.5 Å². The third-order valence-corrected chi connectivity index (χ3v) is 11.1. The summed E-state index contributed by atoms with van der Waals surface area (Å²) >= 11 is 13.9. The molecule has 1 fully saturated rings. The smallest absolute Gasteiger partial charge is 0.142 e. The zero-order valence-corrected chi connectivity index (χ0v) is 33.5. The van der Waals surface area contributed by atoms with Gasteiger partial charge in [0, 0.05) is 74.2 Å². The van der Waals surface area contributed by atoms with Crippen molar-refractivity contribution < 1.29 is 14.2 Å². The quantitative estimate of drug-likeness (QED) is 0.103. The minimum atomic E-state index is 0.221. The second-order valence-electron chi connectivity index (χ2n) is 14.5. The highest BCUT2D eigenvalue weighted by molar-refractivity contribution is 6.35. The van der Waals surface area contributed by atoms with Crippen LogP contribution >= 0.6 is 23.2 Å². The third kappa shape index (κ3) is 9.29. The van der Waals surface area contributed by atoms with E-state index < -0.39 is 0 Å².